The number of benzene rings is 3. The quantitative estimate of drug-likeness (QED) is 0.448. The molecule has 1 aliphatic rings. The van der Waals surface area contributed by atoms with Crippen molar-refractivity contribution in [3.63, 3.8) is 0 Å². The summed E-state index contributed by atoms with van der Waals surface area (Å²) >= 11 is 0. The minimum Gasteiger partial charge on any atom is -0.308 e. The highest BCUT2D eigenvalue weighted by molar-refractivity contribution is 7.92. The van der Waals surface area contributed by atoms with Gasteiger partial charge in [0.1, 0.15) is 5.82 Å². The van der Waals surface area contributed by atoms with Crippen LogP contribution in [0.25, 0.3) is 11.1 Å². The number of carbonyl (C=O) groups excluding carboxylic acids is 1. The van der Waals surface area contributed by atoms with Crippen molar-refractivity contribution < 1.29 is 17.6 Å². The number of halogens is 1. The lowest BCUT2D eigenvalue weighted by atomic mass is 10.0. The molecule has 3 aromatic carbocycles. The molecule has 0 aliphatic carbocycles. The van der Waals surface area contributed by atoms with Crippen LogP contribution in [0.3, 0.4) is 0 Å². The monoisotopic (exact) mass is 473 g/mol. The Morgan fingerprint density at radius 1 is 0.912 bits per heavy atom. The Labute approximate surface area is 196 Å². The van der Waals surface area contributed by atoms with Crippen molar-refractivity contribution in [1.82, 2.24) is 4.98 Å². The van der Waals surface area contributed by atoms with Gasteiger partial charge in [0.15, 0.2) is 0 Å². The number of hydrogen-bond acceptors (Lipinski definition) is 4. The van der Waals surface area contributed by atoms with E-state index in [2.05, 4.69) is 15.8 Å². The fraction of sp³-hybridized carbons (Fsp3) is 0.0769. The number of nitrogens with zero attached hydrogens (tertiary/aromatic N) is 2. The molecule has 1 aliphatic heterocycles. The number of amides is 1. The summed E-state index contributed by atoms with van der Waals surface area (Å²) in [6.45, 7) is 0.535. The molecule has 0 atom stereocenters. The minimum atomic E-state index is -4.00. The molecule has 34 heavy (non-hydrogen) atoms. The van der Waals surface area contributed by atoms with E-state index in [0.717, 1.165) is 34.9 Å². The van der Waals surface area contributed by atoms with E-state index in [1.54, 1.807) is 35.5 Å². The van der Waals surface area contributed by atoms with Crippen LogP contribution in [0.4, 0.5) is 15.8 Å². The molecule has 0 saturated heterocycles. The van der Waals surface area contributed by atoms with Crippen LogP contribution in [-0.4, -0.2) is 25.9 Å². The highest BCUT2D eigenvalue weighted by Gasteiger charge is 2.26. The molecule has 1 amide bonds. The van der Waals surface area contributed by atoms with Gasteiger partial charge in [-0.15, -0.1) is 0 Å². The van der Waals surface area contributed by atoms with Crippen molar-refractivity contribution in [2.24, 2.45) is 0 Å². The van der Waals surface area contributed by atoms with Gasteiger partial charge in [-0.25, -0.2) is 12.8 Å². The predicted octanol–water partition coefficient (Wildman–Crippen LogP) is 4.89. The SMILES string of the molecule is O=C(c1cccc(NS(=O)(=O)c2cccc(F)c2)c1)N1CCc2cc(-c3ccncc3)ccc21. The van der Waals surface area contributed by atoms with E-state index >= 15 is 0 Å². The molecule has 6 nitrogen and oxygen atoms in total. The zero-order chi connectivity index (χ0) is 23.7. The topological polar surface area (TPSA) is 79.4 Å². The number of hydrogen-bond donors (Lipinski definition) is 1. The average molecular weight is 474 g/mol. The number of rotatable bonds is 5. The molecule has 0 bridgehead atoms. The van der Waals surface area contributed by atoms with E-state index < -0.39 is 15.8 Å². The summed E-state index contributed by atoms with van der Waals surface area (Å²) < 4.78 is 41.2. The van der Waals surface area contributed by atoms with Crippen molar-refractivity contribution in [3.8, 4) is 11.1 Å². The Kier molecular flexibility index (Phi) is 5.59. The highest BCUT2D eigenvalue weighted by atomic mass is 32.2. The van der Waals surface area contributed by atoms with Gasteiger partial charge in [-0.3, -0.25) is 14.5 Å². The molecule has 0 spiro atoms. The zero-order valence-electron chi connectivity index (χ0n) is 18.0. The van der Waals surface area contributed by atoms with E-state index in [0.29, 0.717) is 12.1 Å². The first-order chi connectivity index (χ1) is 16.4. The normalized spacial score (nSPS) is 12.9. The summed E-state index contributed by atoms with van der Waals surface area (Å²) in [5.41, 5.74) is 4.61. The van der Waals surface area contributed by atoms with Crippen molar-refractivity contribution in [2.45, 2.75) is 11.3 Å². The summed E-state index contributed by atoms with van der Waals surface area (Å²) in [5.74, 6) is -0.867. The number of nitrogens with one attached hydrogen (secondary N) is 1. The van der Waals surface area contributed by atoms with Crippen LogP contribution >= 0.6 is 0 Å². The number of pyridine rings is 1. The first-order valence-electron chi connectivity index (χ1n) is 10.6. The molecule has 2 heterocycles. The van der Waals surface area contributed by atoms with Crippen LogP contribution in [0.2, 0.25) is 0 Å². The molecule has 5 rings (SSSR count). The zero-order valence-corrected chi connectivity index (χ0v) is 18.8. The fourth-order valence-electron chi connectivity index (χ4n) is 4.06. The Morgan fingerprint density at radius 3 is 2.50 bits per heavy atom. The smallest absolute Gasteiger partial charge is 0.261 e. The van der Waals surface area contributed by atoms with Crippen LogP contribution in [-0.2, 0) is 16.4 Å². The molecule has 0 radical (unpaired) electrons. The molecule has 4 aromatic rings. The lowest BCUT2D eigenvalue weighted by molar-refractivity contribution is 0.0989. The van der Waals surface area contributed by atoms with Gasteiger partial charge in [0.05, 0.1) is 4.90 Å². The summed E-state index contributed by atoms with van der Waals surface area (Å²) in [6.07, 6.45) is 4.22. The second-order valence-electron chi connectivity index (χ2n) is 7.93. The average Bonchev–Trinajstić information content (AvgIpc) is 3.27. The summed E-state index contributed by atoms with van der Waals surface area (Å²) in [4.78, 5) is 18.8. The van der Waals surface area contributed by atoms with Crippen molar-refractivity contribution >= 4 is 27.3 Å². The van der Waals surface area contributed by atoms with Crippen LogP contribution in [0, 0.1) is 5.82 Å². The highest BCUT2D eigenvalue weighted by Crippen LogP contribution is 2.33. The Bertz CT molecular complexity index is 1490. The van der Waals surface area contributed by atoms with E-state index in [1.165, 1.54) is 24.3 Å². The summed E-state index contributed by atoms with van der Waals surface area (Å²) in [7, 11) is -4.00. The lowest BCUT2D eigenvalue weighted by Crippen LogP contribution is -2.29. The molecule has 1 aromatic heterocycles. The van der Waals surface area contributed by atoms with E-state index in [9.17, 15) is 17.6 Å². The van der Waals surface area contributed by atoms with Crippen LogP contribution in [0.1, 0.15) is 15.9 Å². The maximum atomic E-state index is 13.5. The molecular formula is C26H20FN3O3S. The van der Waals surface area contributed by atoms with Gasteiger partial charge in [0.2, 0.25) is 0 Å². The Morgan fingerprint density at radius 2 is 1.71 bits per heavy atom. The number of anilines is 2. The first-order valence-corrected chi connectivity index (χ1v) is 12.1. The predicted molar refractivity (Wildman–Crippen MR) is 129 cm³/mol. The number of sulfonamides is 1. The van der Waals surface area contributed by atoms with Crippen LogP contribution < -0.4 is 9.62 Å². The summed E-state index contributed by atoms with van der Waals surface area (Å²) in [6, 6.07) is 20.9. The van der Waals surface area contributed by atoms with Gasteiger partial charge >= 0.3 is 0 Å². The van der Waals surface area contributed by atoms with E-state index in [1.807, 2.05) is 24.3 Å². The van der Waals surface area contributed by atoms with Gasteiger partial charge < -0.3 is 4.90 Å². The molecule has 0 fully saturated rings. The number of carbonyl (C=O) groups is 1. The second-order valence-corrected chi connectivity index (χ2v) is 9.61. The molecular weight excluding hydrogens is 453 g/mol. The number of fused-ring (bicyclic) bond motifs is 1. The third-order valence-electron chi connectivity index (χ3n) is 5.70. The van der Waals surface area contributed by atoms with Crippen molar-refractivity contribution in [2.75, 3.05) is 16.2 Å². The van der Waals surface area contributed by atoms with E-state index in [-0.39, 0.29) is 16.5 Å². The fourth-order valence-corrected chi connectivity index (χ4v) is 5.14. The number of aromatic nitrogens is 1. The maximum Gasteiger partial charge on any atom is 0.261 e. The second kappa shape index (κ2) is 8.72. The summed E-state index contributed by atoms with van der Waals surface area (Å²) in [5, 5.41) is 0. The van der Waals surface area contributed by atoms with Crippen LogP contribution in [0.5, 0.6) is 0 Å². The molecule has 8 heteroatoms. The van der Waals surface area contributed by atoms with Gasteiger partial charge in [0, 0.05) is 35.9 Å². The molecule has 1 N–H and O–H groups in total. The standard InChI is InChI=1S/C26H20FN3O3S/c27-22-4-2-6-24(17-22)34(32,33)29-23-5-1-3-21(16-23)26(31)30-14-11-20-15-19(7-8-25(20)30)18-9-12-28-13-10-18/h1-10,12-13,15-17,29H,11,14H2. The molecule has 0 unspecified atom stereocenters. The molecule has 0 saturated carbocycles. The Balaban J connectivity index is 1.38. The third kappa shape index (κ3) is 4.27. The Hall–Kier alpha value is -4.04. The van der Waals surface area contributed by atoms with Gasteiger partial charge in [-0.05, 0) is 83.8 Å². The maximum absolute atomic E-state index is 13.5. The van der Waals surface area contributed by atoms with Gasteiger partial charge in [-0.1, -0.05) is 18.2 Å². The van der Waals surface area contributed by atoms with Crippen molar-refractivity contribution in [1.29, 1.82) is 0 Å². The lowest BCUT2D eigenvalue weighted by Gasteiger charge is -2.18. The molecule has 170 valence electrons. The first kappa shape index (κ1) is 21.8. The van der Waals surface area contributed by atoms with Gasteiger partial charge in [-0.2, -0.15) is 0 Å². The van der Waals surface area contributed by atoms with Gasteiger partial charge in [0.25, 0.3) is 15.9 Å². The van der Waals surface area contributed by atoms with E-state index in [4.69, 9.17) is 0 Å². The van der Waals surface area contributed by atoms with Crippen LogP contribution in [0.15, 0.2) is 96.2 Å². The largest absolute Gasteiger partial charge is 0.308 e. The third-order valence-corrected chi connectivity index (χ3v) is 7.08. The minimum absolute atomic E-state index is 0.192. The van der Waals surface area contributed by atoms with Crippen molar-refractivity contribution in [3.05, 3.63) is 108 Å².